The van der Waals surface area contributed by atoms with E-state index in [0.29, 0.717) is 28.3 Å². The molecule has 12 nitrogen and oxygen atoms in total. The molecule has 0 aliphatic carbocycles. The quantitative estimate of drug-likeness (QED) is 0.340. The number of hydrogen-bond donors (Lipinski definition) is 1. The predicted molar refractivity (Wildman–Crippen MR) is 121 cm³/mol. The van der Waals surface area contributed by atoms with Gasteiger partial charge < -0.3 is 24.1 Å². The lowest BCUT2D eigenvalue weighted by Crippen LogP contribution is -2.13. The molecule has 3 aromatic rings. The number of esters is 4. The first-order chi connectivity index (χ1) is 17.3. The van der Waals surface area contributed by atoms with Crippen LogP contribution < -0.4 is 0 Å². The number of carbonyl (C=O) groups is 4. The van der Waals surface area contributed by atoms with Crippen molar-refractivity contribution in [1.82, 2.24) is 15.0 Å². The van der Waals surface area contributed by atoms with Crippen LogP contribution in [0.25, 0.3) is 22.8 Å². The lowest BCUT2D eigenvalue weighted by Gasteiger charge is -2.10. The van der Waals surface area contributed by atoms with Crippen LogP contribution >= 0.6 is 0 Å². The molecule has 1 N–H and O–H groups in total. The first kappa shape index (κ1) is 25.9. The van der Waals surface area contributed by atoms with Crippen molar-refractivity contribution in [1.29, 1.82) is 0 Å². The van der Waals surface area contributed by atoms with Gasteiger partial charge in [0.05, 0.1) is 29.4 Å². The molecule has 0 aliphatic heterocycles. The predicted octanol–water partition coefficient (Wildman–Crippen LogP) is 2.05. The molecule has 0 radical (unpaired) electrons. The Balaban J connectivity index is 1.88. The van der Waals surface area contributed by atoms with Crippen LogP contribution in [0, 0.1) is 0 Å². The number of aliphatic hydroxyl groups is 1. The minimum Gasteiger partial charge on any atom is -0.428 e. The first-order valence-corrected chi connectivity index (χ1v) is 10.4. The SMILES string of the molecule is CC(=O)OCOC(=O)c1cccc(-c2cc(CO)cc(-c3cccc(C(=O)OCOC(C)=O)n3)n2)n1. The summed E-state index contributed by atoms with van der Waals surface area (Å²) in [7, 11) is 0. The fourth-order valence-electron chi connectivity index (χ4n) is 2.80. The minimum atomic E-state index is -0.807. The second-order valence-electron chi connectivity index (χ2n) is 7.09. The zero-order valence-corrected chi connectivity index (χ0v) is 19.3. The highest BCUT2D eigenvalue weighted by molar-refractivity contribution is 5.88. The van der Waals surface area contributed by atoms with Crippen molar-refractivity contribution in [2.24, 2.45) is 0 Å². The van der Waals surface area contributed by atoms with Gasteiger partial charge in [-0.05, 0) is 42.0 Å². The topological polar surface area (TPSA) is 164 Å². The Bertz CT molecular complexity index is 1200. The van der Waals surface area contributed by atoms with Crippen molar-refractivity contribution in [3.8, 4) is 22.8 Å². The standard InChI is InChI=1S/C24H21N3O9/c1-14(29)33-12-35-23(31)19-7-3-5-17(25-19)21-9-16(11-28)10-22(27-21)18-6-4-8-20(26-18)24(32)36-13-34-15(2)30/h3-10,28H,11-13H2,1-2H3. The highest BCUT2D eigenvalue weighted by atomic mass is 16.7. The molecular formula is C24H21N3O9. The number of aliphatic hydroxyl groups excluding tert-OH is 1. The van der Waals surface area contributed by atoms with E-state index in [1.165, 1.54) is 26.0 Å². The molecule has 0 unspecified atom stereocenters. The molecule has 0 saturated heterocycles. The highest BCUT2D eigenvalue weighted by Gasteiger charge is 2.15. The van der Waals surface area contributed by atoms with E-state index in [-0.39, 0.29) is 18.0 Å². The van der Waals surface area contributed by atoms with Gasteiger partial charge in [-0.25, -0.2) is 24.5 Å². The van der Waals surface area contributed by atoms with E-state index in [1.54, 1.807) is 36.4 Å². The van der Waals surface area contributed by atoms with Crippen LogP contribution in [0.4, 0.5) is 0 Å². The third-order valence-corrected chi connectivity index (χ3v) is 4.41. The Morgan fingerprint density at radius 1 is 0.667 bits per heavy atom. The van der Waals surface area contributed by atoms with E-state index in [2.05, 4.69) is 24.4 Å². The largest absolute Gasteiger partial charge is 0.428 e. The van der Waals surface area contributed by atoms with Crippen molar-refractivity contribution in [2.75, 3.05) is 13.6 Å². The average Bonchev–Trinajstić information content (AvgIpc) is 2.88. The molecule has 0 spiro atoms. The molecule has 0 aliphatic rings. The minimum absolute atomic E-state index is 0.0481. The van der Waals surface area contributed by atoms with Crippen LogP contribution in [-0.2, 0) is 35.1 Å². The zero-order chi connectivity index (χ0) is 26.1. The number of rotatable bonds is 9. The maximum Gasteiger partial charge on any atom is 0.359 e. The molecular weight excluding hydrogens is 474 g/mol. The Morgan fingerprint density at radius 3 is 1.50 bits per heavy atom. The molecule has 0 amide bonds. The second kappa shape index (κ2) is 12.1. The van der Waals surface area contributed by atoms with Gasteiger partial charge in [-0.3, -0.25) is 9.59 Å². The van der Waals surface area contributed by atoms with Gasteiger partial charge in [-0.1, -0.05) is 12.1 Å². The van der Waals surface area contributed by atoms with Crippen LogP contribution in [0.15, 0.2) is 48.5 Å². The monoisotopic (exact) mass is 495 g/mol. The van der Waals surface area contributed by atoms with Crippen molar-refractivity contribution in [2.45, 2.75) is 20.5 Å². The number of hydrogen-bond acceptors (Lipinski definition) is 12. The lowest BCUT2D eigenvalue weighted by atomic mass is 10.1. The van der Waals surface area contributed by atoms with E-state index >= 15 is 0 Å². The molecule has 12 heteroatoms. The Morgan fingerprint density at radius 2 is 1.11 bits per heavy atom. The molecule has 3 heterocycles. The van der Waals surface area contributed by atoms with Gasteiger partial charge >= 0.3 is 23.9 Å². The summed E-state index contributed by atoms with van der Waals surface area (Å²) in [5.74, 6) is -2.81. The van der Waals surface area contributed by atoms with Crippen LogP contribution in [0.2, 0.25) is 0 Å². The van der Waals surface area contributed by atoms with E-state index in [4.69, 9.17) is 9.47 Å². The van der Waals surface area contributed by atoms with Gasteiger partial charge in [-0.2, -0.15) is 0 Å². The molecule has 0 atom stereocenters. The van der Waals surface area contributed by atoms with Crippen molar-refractivity contribution >= 4 is 23.9 Å². The molecule has 0 saturated carbocycles. The molecule has 186 valence electrons. The number of ether oxygens (including phenoxy) is 4. The van der Waals surface area contributed by atoms with Gasteiger partial charge in [0.1, 0.15) is 11.4 Å². The Hall–Kier alpha value is -4.71. The van der Waals surface area contributed by atoms with E-state index < -0.39 is 37.5 Å². The number of nitrogens with zero attached hydrogens (tertiary/aromatic N) is 3. The lowest BCUT2D eigenvalue weighted by molar-refractivity contribution is -0.150. The van der Waals surface area contributed by atoms with Crippen LogP contribution in [0.3, 0.4) is 0 Å². The zero-order valence-electron chi connectivity index (χ0n) is 19.3. The second-order valence-corrected chi connectivity index (χ2v) is 7.09. The van der Waals surface area contributed by atoms with Gasteiger partial charge in [0, 0.05) is 13.8 Å². The Kier molecular flexibility index (Phi) is 8.73. The van der Waals surface area contributed by atoms with Crippen molar-refractivity contribution < 1.29 is 43.2 Å². The first-order valence-electron chi connectivity index (χ1n) is 10.4. The summed E-state index contributed by atoms with van der Waals surface area (Å²) < 4.78 is 18.9. The van der Waals surface area contributed by atoms with Gasteiger partial charge in [-0.15, -0.1) is 0 Å². The molecule has 0 bridgehead atoms. The molecule has 3 rings (SSSR count). The summed E-state index contributed by atoms with van der Waals surface area (Å²) in [5.41, 5.74) is 1.60. The Labute approximate surface area is 204 Å². The fraction of sp³-hybridized carbons (Fsp3) is 0.208. The number of aromatic nitrogens is 3. The fourth-order valence-corrected chi connectivity index (χ4v) is 2.80. The number of carbonyl (C=O) groups excluding carboxylic acids is 4. The molecule has 0 aromatic carbocycles. The molecule has 36 heavy (non-hydrogen) atoms. The van der Waals surface area contributed by atoms with Crippen molar-refractivity contribution in [3.63, 3.8) is 0 Å². The summed E-state index contributed by atoms with van der Waals surface area (Å²) in [5, 5.41) is 9.75. The summed E-state index contributed by atoms with van der Waals surface area (Å²) in [6, 6.07) is 12.3. The molecule has 3 aromatic heterocycles. The van der Waals surface area contributed by atoms with Gasteiger partial charge in [0.2, 0.25) is 13.6 Å². The van der Waals surface area contributed by atoms with E-state index in [9.17, 15) is 24.3 Å². The summed E-state index contributed by atoms with van der Waals surface area (Å²) >= 11 is 0. The van der Waals surface area contributed by atoms with Gasteiger partial charge in [0.15, 0.2) is 0 Å². The maximum atomic E-state index is 12.2. The molecule has 0 fully saturated rings. The smallest absolute Gasteiger partial charge is 0.359 e. The summed E-state index contributed by atoms with van der Waals surface area (Å²) in [4.78, 5) is 59.1. The van der Waals surface area contributed by atoms with E-state index in [0.717, 1.165) is 0 Å². The van der Waals surface area contributed by atoms with Gasteiger partial charge in [0.25, 0.3) is 0 Å². The van der Waals surface area contributed by atoms with Crippen LogP contribution in [-0.4, -0.2) is 57.5 Å². The highest BCUT2D eigenvalue weighted by Crippen LogP contribution is 2.24. The normalized spacial score (nSPS) is 10.3. The summed E-state index contributed by atoms with van der Waals surface area (Å²) in [6.45, 7) is 0.944. The summed E-state index contributed by atoms with van der Waals surface area (Å²) in [6.07, 6.45) is 0. The average molecular weight is 495 g/mol. The van der Waals surface area contributed by atoms with Crippen LogP contribution in [0.5, 0.6) is 0 Å². The van der Waals surface area contributed by atoms with Crippen LogP contribution in [0.1, 0.15) is 40.4 Å². The number of pyridine rings is 3. The third-order valence-electron chi connectivity index (χ3n) is 4.41. The maximum absolute atomic E-state index is 12.2. The van der Waals surface area contributed by atoms with Crippen molar-refractivity contribution in [3.05, 3.63) is 65.5 Å². The van der Waals surface area contributed by atoms with E-state index in [1.807, 2.05) is 0 Å². The third kappa shape index (κ3) is 7.14.